The molecule has 0 amide bonds. The predicted octanol–water partition coefficient (Wildman–Crippen LogP) is 3.32. The van der Waals surface area contributed by atoms with Gasteiger partial charge in [0.25, 0.3) is 0 Å². The second kappa shape index (κ2) is 5.00. The number of halogens is 3. The molecule has 0 aliphatic carbocycles. The molecule has 1 aromatic carbocycles. The zero-order valence-electron chi connectivity index (χ0n) is 9.96. The number of methoxy groups -OCH3 is 1. The van der Waals surface area contributed by atoms with Crippen LogP contribution in [0.25, 0.3) is 10.6 Å². The Hall–Kier alpha value is -1.89. The van der Waals surface area contributed by atoms with E-state index in [0.29, 0.717) is 17.0 Å². The molecule has 2 rings (SSSR count). The van der Waals surface area contributed by atoms with Crippen molar-refractivity contribution in [2.24, 2.45) is 0 Å². The maximum atomic E-state index is 13.6. The summed E-state index contributed by atoms with van der Waals surface area (Å²) >= 11 is 0.931. The first-order valence-electron chi connectivity index (χ1n) is 5.14. The van der Waals surface area contributed by atoms with Crippen molar-refractivity contribution >= 4 is 17.3 Å². The molecular formula is C12H8F3NO2S. The Bertz CT molecular complexity index is 631. The van der Waals surface area contributed by atoms with Crippen molar-refractivity contribution in [3.63, 3.8) is 0 Å². The minimum absolute atomic E-state index is 0.00868. The summed E-state index contributed by atoms with van der Waals surface area (Å²) in [5.41, 5.74) is -0.463. The van der Waals surface area contributed by atoms with Crippen LogP contribution in [0.4, 0.5) is 13.2 Å². The van der Waals surface area contributed by atoms with Crippen molar-refractivity contribution in [3.8, 4) is 10.6 Å². The Morgan fingerprint density at radius 2 is 1.84 bits per heavy atom. The Morgan fingerprint density at radius 3 is 2.37 bits per heavy atom. The molecule has 0 saturated heterocycles. The standard InChI is InChI=1S/C12H8F3NO2S/c1-5-10(12(17)18-2)16-11(19-5)9-7(14)3-6(13)4-8(9)15/h3-4H,1-2H3. The number of ether oxygens (including phenoxy) is 1. The molecule has 19 heavy (non-hydrogen) atoms. The molecule has 2 aromatic rings. The zero-order valence-corrected chi connectivity index (χ0v) is 10.8. The monoisotopic (exact) mass is 287 g/mol. The SMILES string of the molecule is COC(=O)c1nc(-c2c(F)cc(F)cc2F)sc1C. The summed E-state index contributed by atoms with van der Waals surface area (Å²) in [6, 6.07) is 1.12. The van der Waals surface area contributed by atoms with Crippen molar-refractivity contribution in [2.45, 2.75) is 6.92 Å². The number of carbonyl (C=O) groups excluding carboxylic acids is 1. The van der Waals surface area contributed by atoms with Crippen LogP contribution in [0.15, 0.2) is 12.1 Å². The van der Waals surface area contributed by atoms with Crippen molar-refractivity contribution in [1.82, 2.24) is 4.98 Å². The summed E-state index contributed by atoms with van der Waals surface area (Å²) in [7, 11) is 1.18. The van der Waals surface area contributed by atoms with Gasteiger partial charge in [0.15, 0.2) is 5.69 Å². The van der Waals surface area contributed by atoms with Gasteiger partial charge in [0.1, 0.15) is 22.5 Å². The predicted molar refractivity (Wildman–Crippen MR) is 63.5 cm³/mol. The van der Waals surface area contributed by atoms with Gasteiger partial charge in [-0.15, -0.1) is 11.3 Å². The first kappa shape index (κ1) is 13.5. The van der Waals surface area contributed by atoms with Gasteiger partial charge in [-0.1, -0.05) is 0 Å². The molecule has 0 fully saturated rings. The fourth-order valence-electron chi connectivity index (χ4n) is 1.54. The van der Waals surface area contributed by atoms with Gasteiger partial charge in [-0.05, 0) is 6.92 Å². The summed E-state index contributed by atoms with van der Waals surface area (Å²) in [6.45, 7) is 1.58. The maximum Gasteiger partial charge on any atom is 0.357 e. The van der Waals surface area contributed by atoms with Crippen molar-refractivity contribution in [3.05, 3.63) is 40.2 Å². The van der Waals surface area contributed by atoms with E-state index in [-0.39, 0.29) is 10.7 Å². The summed E-state index contributed by atoms with van der Waals surface area (Å²) < 4.78 is 44.5. The molecule has 3 nitrogen and oxygen atoms in total. The molecular weight excluding hydrogens is 279 g/mol. The van der Waals surface area contributed by atoms with Crippen LogP contribution in [-0.2, 0) is 4.74 Å². The number of thiazole rings is 1. The smallest absolute Gasteiger partial charge is 0.357 e. The Labute approximate surface area is 110 Å². The van der Waals surface area contributed by atoms with Gasteiger partial charge in [0.05, 0.1) is 12.7 Å². The lowest BCUT2D eigenvalue weighted by Crippen LogP contribution is -2.03. The van der Waals surface area contributed by atoms with Crippen LogP contribution >= 0.6 is 11.3 Å². The molecule has 0 atom stereocenters. The summed E-state index contributed by atoms with van der Waals surface area (Å²) in [4.78, 5) is 15.7. The largest absolute Gasteiger partial charge is 0.464 e. The molecule has 100 valence electrons. The molecule has 0 aliphatic rings. The lowest BCUT2D eigenvalue weighted by molar-refractivity contribution is 0.0594. The van der Waals surface area contributed by atoms with Crippen LogP contribution in [0.2, 0.25) is 0 Å². The fraction of sp³-hybridized carbons (Fsp3) is 0.167. The minimum Gasteiger partial charge on any atom is -0.464 e. The van der Waals surface area contributed by atoms with Gasteiger partial charge in [-0.3, -0.25) is 0 Å². The van der Waals surface area contributed by atoms with E-state index in [1.807, 2.05) is 0 Å². The average molecular weight is 287 g/mol. The van der Waals surface area contributed by atoms with Crippen LogP contribution in [0.5, 0.6) is 0 Å². The van der Waals surface area contributed by atoms with Crippen LogP contribution in [0, 0.1) is 24.4 Å². The number of aromatic nitrogens is 1. The van der Waals surface area contributed by atoms with Crippen LogP contribution < -0.4 is 0 Å². The molecule has 0 bridgehead atoms. The highest BCUT2D eigenvalue weighted by atomic mass is 32.1. The number of rotatable bonds is 2. The molecule has 1 aromatic heterocycles. The molecule has 0 radical (unpaired) electrons. The number of esters is 1. The fourth-order valence-corrected chi connectivity index (χ4v) is 2.49. The number of hydrogen-bond donors (Lipinski definition) is 0. The molecule has 1 heterocycles. The van der Waals surface area contributed by atoms with Gasteiger partial charge >= 0.3 is 5.97 Å². The molecule has 0 spiro atoms. The topological polar surface area (TPSA) is 39.2 Å². The van der Waals surface area contributed by atoms with Crippen LogP contribution in [-0.4, -0.2) is 18.1 Å². The maximum absolute atomic E-state index is 13.6. The third-order valence-corrected chi connectivity index (χ3v) is 3.38. The lowest BCUT2D eigenvalue weighted by Gasteiger charge is -2.01. The number of hydrogen-bond acceptors (Lipinski definition) is 4. The van der Waals surface area contributed by atoms with Gasteiger partial charge in [0, 0.05) is 17.0 Å². The Kier molecular flexibility index (Phi) is 3.57. The van der Waals surface area contributed by atoms with E-state index in [9.17, 15) is 18.0 Å². The van der Waals surface area contributed by atoms with Gasteiger partial charge in [-0.25, -0.2) is 22.9 Å². The lowest BCUT2D eigenvalue weighted by atomic mass is 10.2. The van der Waals surface area contributed by atoms with Crippen molar-refractivity contribution < 1.29 is 22.7 Å². The quantitative estimate of drug-likeness (QED) is 0.795. The Morgan fingerprint density at radius 1 is 1.26 bits per heavy atom. The average Bonchev–Trinajstić information content (AvgIpc) is 2.68. The van der Waals surface area contributed by atoms with Crippen LogP contribution in [0.1, 0.15) is 15.4 Å². The van der Waals surface area contributed by atoms with E-state index in [4.69, 9.17) is 0 Å². The van der Waals surface area contributed by atoms with Crippen LogP contribution in [0.3, 0.4) is 0 Å². The van der Waals surface area contributed by atoms with E-state index >= 15 is 0 Å². The highest BCUT2D eigenvalue weighted by molar-refractivity contribution is 7.15. The minimum atomic E-state index is -1.07. The van der Waals surface area contributed by atoms with E-state index in [0.717, 1.165) is 11.3 Å². The molecule has 7 heteroatoms. The summed E-state index contributed by atoms with van der Waals surface area (Å²) in [6.07, 6.45) is 0. The number of nitrogens with zero attached hydrogens (tertiary/aromatic N) is 1. The van der Waals surface area contributed by atoms with Gasteiger partial charge in [0.2, 0.25) is 0 Å². The normalized spacial score (nSPS) is 10.6. The number of carbonyl (C=O) groups is 1. The third kappa shape index (κ3) is 2.46. The summed E-state index contributed by atoms with van der Waals surface area (Å²) in [5.74, 6) is -3.84. The number of benzene rings is 1. The van der Waals surface area contributed by atoms with Gasteiger partial charge < -0.3 is 4.74 Å². The zero-order chi connectivity index (χ0) is 14.2. The van der Waals surface area contributed by atoms with E-state index in [2.05, 4.69) is 9.72 Å². The highest BCUT2D eigenvalue weighted by Gasteiger charge is 2.21. The molecule has 0 N–H and O–H groups in total. The Balaban J connectivity index is 2.58. The van der Waals surface area contributed by atoms with E-state index in [1.54, 1.807) is 6.92 Å². The first-order chi connectivity index (χ1) is 8.93. The molecule has 0 saturated carbocycles. The molecule has 0 aliphatic heterocycles. The molecule has 0 unspecified atom stereocenters. The number of aryl methyl sites for hydroxylation is 1. The summed E-state index contributed by atoms with van der Waals surface area (Å²) in [5, 5.41) is -0.0344. The van der Waals surface area contributed by atoms with Crippen molar-refractivity contribution in [2.75, 3.05) is 7.11 Å². The third-order valence-electron chi connectivity index (χ3n) is 2.40. The second-order valence-electron chi connectivity index (χ2n) is 3.66. The van der Waals surface area contributed by atoms with E-state index in [1.165, 1.54) is 7.11 Å². The van der Waals surface area contributed by atoms with Gasteiger partial charge in [-0.2, -0.15) is 0 Å². The first-order valence-corrected chi connectivity index (χ1v) is 5.96. The van der Waals surface area contributed by atoms with E-state index < -0.39 is 29.0 Å². The second-order valence-corrected chi connectivity index (χ2v) is 4.86. The highest BCUT2D eigenvalue weighted by Crippen LogP contribution is 2.32. The van der Waals surface area contributed by atoms with Crippen molar-refractivity contribution in [1.29, 1.82) is 0 Å².